The molecule has 0 saturated heterocycles. The molecule has 11 heavy (non-hydrogen) atoms. The Labute approximate surface area is 66.2 Å². The molecule has 0 spiro atoms. The molecule has 3 nitrogen and oxygen atoms in total. The highest BCUT2D eigenvalue weighted by Gasteiger charge is 2.38. The predicted molar refractivity (Wildman–Crippen MR) is 43.1 cm³/mol. The van der Waals surface area contributed by atoms with E-state index in [1.165, 1.54) is 12.1 Å². The van der Waals surface area contributed by atoms with Gasteiger partial charge in [-0.2, -0.15) is 5.10 Å². The Kier molecular flexibility index (Phi) is 1.46. The van der Waals surface area contributed by atoms with Crippen LogP contribution in [0.5, 0.6) is 0 Å². The topological polar surface area (TPSA) is 43.8 Å². The monoisotopic (exact) mass is 151 g/mol. The maximum atomic E-state index is 5.53. The van der Waals surface area contributed by atoms with Crippen LogP contribution in [0.4, 0.5) is 0 Å². The third-order valence-electron chi connectivity index (χ3n) is 2.34. The maximum Gasteiger partial charge on any atom is 0.0658 e. The molecule has 2 atom stereocenters. The van der Waals surface area contributed by atoms with Gasteiger partial charge in [0.25, 0.3) is 0 Å². The minimum absolute atomic E-state index is 0.654. The van der Waals surface area contributed by atoms with Crippen molar-refractivity contribution in [3.8, 4) is 0 Å². The summed E-state index contributed by atoms with van der Waals surface area (Å²) in [5.41, 5.74) is 6.74. The van der Waals surface area contributed by atoms with Crippen LogP contribution >= 0.6 is 0 Å². The molecule has 60 valence electrons. The van der Waals surface area contributed by atoms with Crippen LogP contribution in [0.15, 0.2) is 12.3 Å². The van der Waals surface area contributed by atoms with Gasteiger partial charge in [0, 0.05) is 19.2 Å². The van der Waals surface area contributed by atoms with Gasteiger partial charge in [0.1, 0.15) is 0 Å². The summed E-state index contributed by atoms with van der Waals surface area (Å²) in [5, 5.41) is 4.33. The highest BCUT2D eigenvalue weighted by Crippen LogP contribution is 2.45. The summed E-state index contributed by atoms with van der Waals surface area (Å²) in [6, 6.07) is 2.08. The number of rotatable bonds is 2. The molecule has 1 aliphatic carbocycles. The average Bonchev–Trinajstić information content (AvgIpc) is 2.68. The Morgan fingerprint density at radius 3 is 3.09 bits per heavy atom. The van der Waals surface area contributed by atoms with Crippen molar-refractivity contribution in [2.24, 2.45) is 18.7 Å². The Morgan fingerprint density at radius 1 is 1.82 bits per heavy atom. The summed E-state index contributed by atoms with van der Waals surface area (Å²) in [4.78, 5) is 0. The number of hydrogen-bond donors (Lipinski definition) is 1. The Hall–Kier alpha value is -0.830. The molecule has 1 saturated carbocycles. The second-order valence-corrected chi connectivity index (χ2v) is 3.25. The van der Waals surface area contributed by atoms with Crippen LogP contribution in [0.3, 0.4) is 0 Å². The van der Waals surface area contributed by atoms with Crippen molar-refractivity contribution >= 4 is 0 Å². The lowest BCUT2D eigenvalue weighted by atomic mass is 10.2. The third-order valence-corrected chi connectivity index (χ3v) is 2.34. The molecule has 0 aromatic carbocycles. The number of aryl methyl sites for hydroxylation is 1. The first kappa shape index (κ1) is 6.85. The molecule has 3 heteroatoms. The summed E-state index contributed by atoms with van der Waals surface area (Å²) in [5.74, 6) is 1.35. The van der Waals surface area contributed by atoms with E-state index in [2.05, 4.69) is 11.2 Å². The number of nitrogens with zero attached hydrogens (tertiary/aromatic N) is 2. The average molecular weight is 151 g/mol. The van der Waals surface area contributed by atoms with E-state index < -0.39 is 0 Å². The van der Waals surface area contributed by atoms with Crippen LogP contribution in [-0.2, 0) is 7.05 Å². The van der Waals surface area contributed by atoms with Gasteiger partial charge in [-0.25, -0.2) is 0 Å². The van der Waals surface area contributed by atoms with Crippen LogP contribution in [0, 0.1) is 5.92 Å². The summed E-state index contributed by atoms with van der Waals surface area (Å²) in [6.45, 7) is 0.807. The van der Waals surface area contributed by atoms with Crippen LogP contribution in [-0.4, -0.2) is 16.3 Å². The summed E-state index contributed by atoms with van der Waals surface area (Å²) >= 11 is 0. The van der Waals surface area contributed by atoms with E-state index in [4.69, 9.17) is 5.73 Å². The fraction of sp³-hybridized carbons (Fsp3) is 0.625. The first-order chi connectivity index (χ1) is 5.31. The second kappa shape index (κ2) is 2.34. The van der Waals surface area contributed by atoms with Gasteiger partial charge in [-0.15, -0.1) is 0 Å². The second-order valence-electron chi connectivity index (χ2n) is 3.25. The van der Waals surface area contributed by atoms with Gasteiger partial charge in [-0.05, 0) is 24.9 Å². The normalized spacial score (nSPS) is 28.9. The summed E-state index contributed by atoms with van der Waals surface area (Å²) < 4.78 is 1.85. The third kappa shape index (κ3) is 1.16. The molecule has 1 aliphatic rings. The van der Waals surface area contributed by atoms with Crippen molar-refractivity contribution in [1.29, 1.82) is 0 Å². The highest BCUT2D eigenvalue weighted by atomic mass is 15.2. The Bertz CT molecular complexity index is 254. The van der Waals surface area contributed by atoms with Crippen molar-refractivity contribution in [3.63, 3.8) is 0 Å². The molecular formula is C8H13N3. The molecule has 2 rings (SSSR count). The molecular weight excluding hydrogens is 138 g/mol. The van der Waals surface area contributed by atoms with Crippen molar-refractivity contribution in [3.05, 3.63) is 18.0 Å². The fourth-order valence-electron chi connectivity index (χ4n) is 1.50. The van der Waals surface area contributed by atoms with Crippen molar-refractivity contribution in [1.82, 2.24) is 9.78 Å². The van der Waals surface area contributed by atoms with E-state index in [1.54, 1.807) is 0 Å². The van der Waals surface area contributed by atoms with Gasteiger partial charge in [0.2, 0.25) is 0 Å². The van der Waals surface area contributed by atoms with E-state index in [0.717, 1.165) is 6.54 Å². The molecule has 0 bridgehead atoms. The van der Waals surface area contributed by atoms with Gasteiger partial charge < -0.3 is 5.73 Å². The quantitative estimate of drug-likeness (QED) is 0.668. The van der Waals surface area contributed by atoms with E-state index in [9.17, 15) is 0 Å². The first-order valence-electron chi connectivity index (χ1n) is 4.01. The predicted octanol–water partition coefficient (Wildman–Crippen LogP) is 0.482. The molecule has 0 aliphatic heterocycles. The molecule has 0 amide bonds. The zero-order valence-corrected chi connectivity index (χ0v) is 6.70. The fourth-order valence-corrected chi connectivity index (χ4v) is 1.50. The summed E-state index contributed by atoms with van der Waals surface area (Å²) in [7, 11) is 1.95. The standard InChI is InChI=1S/C8H13N3/c1-11-3-2-8(10-11)7-4-6(7)5-9/h2-3,6-7H,4-5,9H2,1H3. The van der Waals surface area contributed by atoms with Crippen molar-refractivity contribution in [2.45, 2.75) is 12.3 Å². The molecule has 1 aromatic heterocycles. The molecule has 2 N–H and O–H groups in total. The van der Waals surface area contributed by atoms with Crippen molar-refractivity contribution < 1.29 is 0 Å². The van der Waals surface area contributed by atoms with E-state index in [1.807, 2.05) is 17.9 Å². The van der Waals surface area contributed by atoms with Gasteiger partial charge >= 0.3 is 0 Å². The van der Waals surface area contributed by atoms with Gasteiger partial charge in [0.15, 0.2) is 0 Å². The number of aromatic nitrogens is 2. The minimum atomic E-state index is 0.654. The number of hydrogen-bond acceptors (Lipinski definition) is 2. The van der Waals surface area contributed by atoms with E-state index in [-0.39, 0.29) is 0 Å². The van der Waals surface area contributed by atoms with E-state index >= 15 is 0 Å². The minimum Gasteiger partial charge on any atom is -0.330 e. The van der Waals surface area contributed by atoms with Crippen LogP contribution in [0.25, 0.3) is 0 Å². The zero-order chi connectivity index (χ0) is 7.84. The highest BCUT2D eigenvalue weighted by molar-refractivity contribution is 5.16. The number of nitrogens with two attached hydrogens (primary N) is 1. The van der Waals surface area contributed by atoms with Crippen LogP contribution in [0.1, 0.15) is 18.0 Å². The lowest BCUT2D eigenvalue weighted by Crippen LogP contribution is -2.02. The van der Waals surface area contributed by atoms with Crippen LogP contribution in [0.2, 0.25) is 0 Å². The van der Waals surface area contributed by atoms with Crippen molar-refractivity contribution in [2.75, 3.05) is 6.54 Å². The molecule has 0 radical (unpaired) electrons. The Morgan fingerprint density at radius 2 is 2.64 bits per heavy atom. The lowest BCUT2D eigenvalue weighted by Gasteiger charge is -1.90. The summed E-state index contributed by atoms with van der Waals surface area (Å²) in [6.07, 6.45) is 3.22. The van der Waals surface area contributed by atoms with Gasteiger partial charge in [-0.1, -0.05) is 0 Å². The largest absolute Gasteiger partial charge is 0.330 e. The first-order valence-corrected chi connectivity index (χ1v) is 4.01. The molecule has 1 heterocycles. The van der Waals surface area contributed by atoms with Crippen LogP contribution < -0.4 is 5.73 Å². The molecule has 1 aromatic rings. The zero-order valence-electron chi connectivity index (χ0n) is 6.70. The van der Waals surface area contributed by atoms with Gasteiger partial charge in [0.05, 0.1) is 5.69 Å². The molecule has 1 fully saturated rings. The SMILES string of the molecule is Cn1ccc(C2CC2CN)n1. The smallest absolute Gasteiger partial charge is 0.0658 e. The maximum absolute atomic E-state index is 5.53. The molecule has 2 unspecified atom stereocenters. The van der Waals surface area contributed by atoms with Gasteiger partial charge in [-0.3, -0.25) is 4.68 Å². The van der Waals surface area contributed by atoms with E-state index in [0.29, 0.717) is 11.8 Å². The Balaban J connectivity index is 2.08. The lowest BCUT2D eigenvalue weighted by molar-refractivity contribution is 0.725.